The minimum Gasteiger partial charge on any atom is -0.325 e. The number of carbonyl (C=O) groups is 1. The summed E-state index contributed by atoms with van der Waals surface area (Å²) in [5.41, 5.74) is 2.73. The van der Waals surface area contributed by atoms with E-state index in [0.717, 1.165) is 29.7 Å². The Labute approximate surface area is 106 Å². The molecule has 0 bridgehead atoms. The van der Waals surface area contributed by atoms with Gasteiger partial charge in [0.2, 0.25) is 5.91 Å². The van der Waals surface area contributed by atoms with Gasteiger partial charge < -0.3 is 5.32 Å². The van der Waals surface area contributed by atoms with E-state index in [1.165, 1.54) is 0 Å². The lowest BCUT2D eigenvalue weighted by atomic mass is 10.0. The summed E-state index contributed by atoms with van der Waals surface area (Å²) in [7, 11) is 0. The van der Waals surface area contributed by atoms with Gasteiger partial charge in [0.15, 0.2) is 0 Å². The first kappa shape index (κ1) is 13.5. The van der Waals surface area contributed by atoms with E-state index >= 15 is 0 Å². The van der Waals surface area contributed by atoms with Crippen molar-refractivity contribution >= 4 is 23.2 Å². The lowest BCUT2D eigenvalue weighted by molar-refractivity contribution is -0.115. The van der Waals surface area contributed by atoms with Crippen LogP contribution in [-0.4, -0.2) is 5.91 Å². The van der Waals surface area contributed by atoms with Gasteiger partial charge in [-0.2, -0.15) is 5.26 Å². The van der Waals surface area contributed by atoms with Crippen LogP contribution < -0.4 is 5.32 Å². The molecule has 0 aliphatic rings. The third kappa shape index (κ3) is 3.21. The summed E-state index contributed by atoms with van der Waals surface area (Å²) in [6.07, 6.45) is 1.42. The third-order valence-corrected chi connectivity index (χ3v) is 2.93. The summed E-state index contributed by atoms with van der Waals surface area (Å²) >= 11 is 6.10. The SMILES string of the molecule is CCc1ccc(Cl)c(CC)c1NC(=O)CC#N. The highest BCUT2D eigenvalue weighted by atomic mass is 35.5. The van der Waals surface area contributed by atoms with E-state index in [0.29, 0.717) is 5.02 Å². The minimum atomic E-state index is -0.292. The topological polar surface area (TPSA) is 52.9 Å². The molecule has 3 nitrogen and oxygen atoms in total. The van der Waals surface area contributed by atoms with Gasteiger partial charge in [-0.1, -0.05) is 31.5 Å². The first-order valence-electron chi connectivity index (χ1n) is 5.61. The number of hydrogen-bond donors (Lipinski definition) is 1. The van der Waals surface area contributed by atoms with Crippen LogP contribution in [0.1, 0.15) is 31.4 Å². The molecule has 1 N–H and O–H groups in total. The molecular weight excluding hydrogens is 236 g/mol. The Morgan fingerprint density at radius 2 is 2.12 bits per heavy atom. The standard InChI is InChI=1S/C13H15ClN2O/c1-3-9-5-6-11(14)10(4-2)13(9)16-12(17)7-8-15/h5-6H,3-4,7H2,1-2H3,(H,16,17). The molecule has 1 amide bonds. The van der Waals surface area contributed by atoms with Crippen LogP contribution in [0.4, 0.5) is 5.69 Å². The predicted octanol–water partition coefficient (Wildman–Crippen LogP) is 3.32. The minimum absolute atomic E-state index is 0.140. The van der Waals surface area contributed by atoms with E-state index in [4.69, 9.17) is 16.9 Å². The van der Waals surface area contributed by atoms with E-state index < -0.39 is 0 Å². The second-order valence-corrected chi connectivity index (χ2v) is 4.06. The molecule has 1 rings (SSSR count). The number of hydrogen-bond acceptors (Lipinski definition) is 2. The highest BCUT2D eigenvalue weighted by molar-refractivity contribution is 6.32. The zero-order chi connectivity index (χ0) is 12.8. The van der Waals surface area contributed by atoms with Gasteiger partial charge in [0.25, 0.3) is 0 Å². The summed E-state index contributed by atoms with van der Waals surface area (Å²) < 4.78 is 0. The monoisotopic (exact) mass is 250 g/mol. The van der Waals surface area contributed by atoms with Crippen LogP contribution in [0.25, 0.3) is 0 Å². The molecule has 0 aliphatic carbocycles. The second-order valence-electron chi connectivity index (χ2n) is 3.65. The summed E-state index contributed by atoms with van der Waals surface area (Å²) in [4.78, 5) is 11.5. The summed E-state index contributed by atoms with van der Waals surface area (Å²) in [6.45, 7) is 4.00. The molecular formula is C13H15ClN2O. The molecule has 0 heterocycles. The first-order valence-corrected chi connectivity index (χ1v) is 5.98. The Morgan fingerprint density at radius 3 is 2.65 bits per heavy atom. The first-order chi connectivity index (χ1) is 8.13. The van der Waals surface area contributed by atoms with Crippen molar-refractivity contribution in [1.82, 2.24) is 0 Å². The van der Waals surface area contributed by atoms with Gasteiger partial charge in [-0.25, -0.2) is 0 Å². The molecule has 1 aromatic rings. The predicted molar refractivity (Wildman–Crippen MR) is 69.1 cm³/mol. The van der Waals surface area contributed by atoms with Crippen molar-refractivity contribution in [1.29, 1.82) is 5.26 Å². The molecule has 90 valence electrons. The normalized spacial score (nSPS) is 9.76. The number of nitriles is 1. The highest BCUT2D eigenvalue weighted by Crippen LogP contribution is 2.29. The summed E-state index contributed by atoms with van der Waals surface area (Å²) in [5, 5.41) is 11.9. The van der Waals surface area contributed by atoms with Crippen molar-refractivity contribution in [2.45, 2.75) is 33.1 Å². The van der Waals surface area contributed by atoms with Crippen LogP contribution in [0, 0.1) is 11.3 Å². The number of nitrogens with one attached hydrogen (secondary N) is 1. The van der Waals surface area contributed by atoms with Crippen molar-refractivity contribution in [2.24, 2.45) is 0 Å². The van der Waals surface area contributed by atoms with Crippen molar-refractivity contribution in [3.8, 4) is 6.07 Å². The second kappa shape index (κ2) is 6.27. The molecule has 0 fully saturated rings. The maximum Gasteiger partial charge on any atom is 0.238 e. The van der Waals surface area contributed by atoms with Gasteiger partial charge in [-0.15, -0.1) is 0 Å². The zero-order valence-corrected chi connectivity index (χ0v) is 10.8. The largest absolute Gasteiger partial charge is 0.325 e. The summed E-state index contributed by atoms with van der Waals surface area (Å²) in [5.74, 6) is -0.292. The molecule has 0 atom stereocenters. The molecule has 0 unspecified atom stereocenters. The van der Waals surface area contributed by atoms with E-state index in [9.17, 15) is 4.79 Å². The van der Waals surface area contributed by atoms with Crippen LogP contribution in [-0.2, 0) is 17.6 Å². The van der Waals surface area contributed by atoms with Gasteiger partial charge in [-0.05, 0) is 30.0 Å². The Hall–Kier alpha value is -1.53. The molecule has 0 aromatic heterocycles. The third-order valence-electron chi connectivity index (χ3n) is 2.58. The molecule has 4 heteroatoms. The number of carbonyl (C=O) groups excluding carboxylic acids is 1. The summed E-state index contributed by atoms with van der Waals surface area (Å²) in [6, 6.07) is 5.58. The fraction of sp³-hybridized carbons (Fsp3) is 0.385. The van der Waals surface area contributed by atoms with Gasteiger partial charge >= 0.3 is 0 Å². The number of amides is 1. The van der Waals surface area contributed by atoms with Crippen LogP contribution >= 0.6 is 11.6 Å². The van der Waals surface area contributed by atoms with Gasteiger partial charge in [0.05, 0.1) is 6.07 Å². The molecule has 17 heavy (non-hydrogen) atoms. The van der Waals surface area contributed by atoms with Crippen molar-refractivity contribution in [3.05, 3.63) is 28.3 Å². The Balaban J connectivity index is 3.14. The zero-order valence-electron chi connectivity index (χ0n) is 10.0. The lowest BCUT2D eigenvalue weighted by Crippen LogP contribution is -2.13. The van der Waals surface area contributed by atoms with Crippen molar-refractivity contribution in [3.63, 3.8) is 0 Å². The molecule has 0 aliphatic heterocycles. The number of benzene rings is 1. The average Bonchev–Trinajstić information content (AvgIpc) is 2.30. The maximum atomic E-state index is 11.5. The van der Waals surface area contributed by atoms with Crippen LogP contribution in [0.3, 0.4) is 0 Å². The molecule has 1 aromatic carbocycles. The highest BCUT2D eigenvalue weighted by Gasteiger charge is 2.12. The quantitative estimate of drug-likeness (QED) is 0.891. The van der Waals surface area contributed by atoms with Crippen LogP contribution in [0.5, 0.6) is 0 Å². The van der Waals surface area contributed by atoms with E-state index in [1.807, 2.05) is 32.0 Å². The number of rotatable bonds is 4. The fourth-order valence-corrected chi connectivity index (χ4v) is 2.01. The Bertz CT molecular complexity index is 463. The fourth-order valence-electron chi connectivity index (χ4n) is 1.72. The lowest BCUT2D eigenvalue weighted by Gasteiger charge is -2.15. The van der Waals surface area contributed by atoms with Gasteiger partial charge in [-0.3, -0.25) is 4.79 Å². The number of nitrogens with zero attached hydrogens (tertiary/aromatic N) is 1. The molecule has 0 saturated heterocycles. The Kier molecular flexibility index (Phi) is 4.99. The molecule has 0 spiro atoms. The Morgan fingerprint density at radius 1 is 1.41 bits per heavy atom. The van der Waals surface area contributed by atoms with Gasteiger partial charge in [0, 0.05) is 10.7 Å². The average molecular weight is 251 g/mol. The van der Waals surface area contributed by atoms with Crippen molar-refractivity contribution in [2.75, 3.05) is 5.32 Å². The number of aryl methyl sites for hydroxylation is 1. The number of halogens is 1. The van der Waals surface area contributed by atoms with E-state index in [1.54, 1.807) is 0 Å². The van der Waals surface area contributed by atoms with Crippen molar-refractivity contribution < 1.29 is 4.79 Å². The van der Waals surface area contributed by atoms with Gasteiger partial charge in [0.1, 0.15) is 6.42 Å². The van der Waals surface area contributed by atoms with E-state index in [-0.39, 0.29) is 12.3 Å². The van der Waals surface area contributed by atoms with Crippen LogP contribution in [0.15, 0.2) is 12.1 Å². The number of anilines is 1. The molecule has 0 saturated carbocycles. The van der Waals surface area contributed by atoms with E-state index in [2.05, 4.69) is 5.32 Å². The maximum absolute atomic E-state index is 11.5. The smallest absolute Gasteiger partial charge is 0.238 e. The van der Waals surface area contributed by atoms with Crippen LogP contribution in [0.2, 0.25) is 5.02 Å². The molecule has 0 radical (unpaired) electrons.